The van der Waals surface area contributed by atoms with Crippen LogP contribution < -0.4 is 10.2 Å². The van der Waals surface area contributed by atoms with Crippen molar-refractivity contribution in [2.24, 2.45) is 0 Å². The number of carbonyl (C=O) groups excluding carboxylic acids is 2. The first-order chi connectivity index (χ1) is 11.0. The molecule has 0 aliphatic carbocycles. The van der Waals surface area contributed by atoms with Crippen LogP contribution in [0, 0.1) is 0 Å². The fraction of sp³-hybridized carbons (Fsp3) is 0.875. The summed E-state index contributed by atoms with van der Waals surface area (Å²) in [7, 11) is 0. The van der Waals surface area contributed by atoms with Crippen molar-refractivity contribution in [3.8, 4) is 0 Å². The van der Waals surface area contributed by atoms with E-state index >= 15 is 0 Å². The molecule has 0 aromatic heterocycles. The summed E-state index contributed by atoms with van der Waals surface area (Å²) in [6.45, 7) is 4.28. The summed E-state index contributed by atoms with van der Waals surface area (Å²) in [5.74, 6) is -1.84. The van der Waals surface area contributed by atoms with Crippen molar-refractivity contribution >= 4 is 45.2 Å². The number of aliphatic carboxylic acids is 2. The minimum absolute atomic E-state index is 0.226. The van der Waals surface area contributed by atoms with Crippen LogP contribution in [-0.4, -0.2) is 45.2 Å². The molecule has 0 saturated carbocycles. The molecule has 0 aliphatic rings. The van der Waals surface area contributed by atoms with Gasteiger partial charge in [0.2, 0.25) is 0 Å². The van der Waals surface area contributed by atoms with E-state index in [-0.39, 0.29) is 12.8 Å². The summed E-state index contributed by atoms with van der Waals surface area (Å²) in [6, 6.07) is 0. The number of carboxylic acids is 2. The van der Waals surface area contributed by atoms with E-state index in [1.807, 2.05) is 0 Å². The molecule has 0 aliphatic heterocycles. The van der Waals surface area contributed by atoms with E-state index in [9.17, 15) is 19.8 Å². The van der Waals surface area contributed by atoms with E-state index in [0.29, 0.717) is 0 Å². The van der Waals surface area contributed by atoms with Gasteiger partial charge < -0.3 is 19.8 Å². The molecule has 0 aromatic rings. The van der Waals surface area contributed by atoms with Crippen molar-refractivity contribution < 1.29 is 22.6 Å². The molecular weight excluding hydrogens is 326 g/mol. The number of carbonyl (C=O) groups is 2. The fourth-order valence-electron chi connectivity index (χ4n) is 1.75. The van der Waals surface area contributed by atoms with Gasteiger partial charge in [-0.3, -0.25) is 0 Å². The van der Waals surface area contributed by atoms with Gasteiger partial charge in [-0.1, -0.05) is 65.2 Å². The van der Waals surface area contributed by atoms with Crippen LogP contribution in [0.25, 0.3) is 0 Å². The van der Waals surface area contributed by atoms with Gasteiger partial charge in [-0.25, -0.2) is 0 Å². The van der Waals surface area contributed by atoms with Crippen molar-refractivity contribution in [1.29, 1.82) is 0 Å². The summed E-state index contributed by atoms with van der Waals surface area (Å²) in [5, 5.41) is 19.8. The van der Waals surface area contributed by atoms with Crippen LogP contribution in [0.5, 0.6) is 0 Å². The van der Waals surface area contributed by atoms with Crippen LogP contribution in [0.4, 0.5) is 0 Å². The number of carboxylic acid groups (broad SMARTS) is 2. The van der Waals surface area contributed by atoms with Gasteiger partial charge in [-0.05, 0) is 25.7 Å². The van der Waals surface area contributed by atoms with E-state index in [0.717, 1.165) is 55.1 Å². The summed E-state index contributed by atoms with van der Waals surface area (Å²) in [6.07, 6.45) is 11.2. The van der Waals surface area contributed by atoms with Crippen LogP contribution in [0.1, 0.15) is 90.9 Å². The molecule has 0 amide bonds. The van der Waals surface area contributed by atoms with Crippen molar-refractivity contribution in [1.82, 2.24) is 0 Å². The second kappa shape index (κ2) is 26.8. The second-order valence-corrected chi connectivity index (χ2v) is 7.19. The van der Waals surface area contributed by atoms with Gasteiger partial charge in [0.25, 0.3) is 0 Å². The summed E-state index contributed by atoms with van der Waals surface area (Å²) in [4.78, 5) is 19.8. The van der Waals surface area contributed by atoms with Gasteiger partial charge in [0.05, 0.1) is 0 Å². The second-order valence-electron chi connectivity index (χ2n) is 5.31. The first-order valence-corrected chi connectivity index (χ1v) is 9.87. The molecule has 0 heterocycles. The number of rotatable bonds is 12. The van der Waals surface area contributed by atoms with E-state index < -0.39 is 11.9 Å². The Kier molecular flexibility index (Phi) is 32.4. The Labute approximate surface area is 158 Å². The molecule has 0 atom stereocenters. The van der Waals surface area contributed by atoms with Crippen LogP contribution in [0.3, 0.4) is 0 Å². The molecule has 23 heavy (non-hydrogen) atoms. The average molecular weight is 358 g/mol. The first kappa shape index (κ1) is 27.8. The van der Waals surface area contributed by atoms with E-state index in [2.05, 4.69) is 33.3 Å². The predicted molar refractivity (Wildman–Crippen MR) is 92.1 cm³/mol. The van der Waals surface area contributed by atoms with Crippen LogP contribution >= 0.6 is 0 Å². The molecule has 0 spiro atoms. The summed E-state index contributed by atoms with van der Waals surface area (Å²) in [5.41, 5.74) is 0. The molecule has 0 rings (SSSR count). The van der Waals surface area contributed by atoms with E-state index in [1.165, 1.54) is 25.7 Å². The first-order valence-electron chi connectivity index (χ1n) is 8.58. The molecule has 0 fully saturated rings. The molecular formula is C16H32Al2O5. The van der Waals surface area contributed by atoms with Gasteiger partial charge in [-0.2, -0.15) is 0 Å². The molecule has 0 saturated heterocycles. The molecule has 132 valence electrons. The van der Waals surface area contributed by atoms with Gasteiger partial charge in [0, 0.05) is 11.9 Å². The van der Waals surface area contributed by atoms with Crippen molar-refractivity contribution in [3.63, 3.8) is 0 Å². The zero-order valence-electron chi connectivity index (χ0n) is 15.1. The monoisotopic (exact) mass is 358 g/mol. The van der Waals surface area contributed by atoms with Gasteiger partial charge in [-0.15, -0.1) is 0 Å². The fourth-order valence-corrected chi connectivity index (χ4v) is 1.75. The number of hydrogen-bond acceptors (Lipinski definition) is 5. The maximum atomic E-state index is 9.92. The van der Waals surface area contributed by atoms with Gasteiger partial charge >= 0.3 is 36.1 Å². The van der Waals surface area contributed by atoms with Crippen LogP contribution in [0.2, 0.25) is 0 Å². The third kappa shape index (κ3) is 44.9. The molecule has 0 N–H and O–H groups in total. The molecule has 0 bridgehead atoms. The summed E-state index contributed by atoms with van der Waals surface area (Å²) >= 11 is 2.97. The summed E-state index contributed by atoms with van der Waals surface area (Å²) < 4.78 is 4.31. The number of hydrogen-bond donors (Lipinski definition) is 0. The maximum absolute atomic E-state index is 9.92. The Balaban J connectivity index is -0.000000297. The predicted octanol–water partition coefficient (Wildman–Crippen LogP) is 0.828. The Hall–Kier alpha value is -0.0351. The SMILES string of the molecule is CCCCCCCC(=O)[O-].CCCCCCCC(=O)[O-].[Al+2][O][AlH2]. The van der Waals surface area contributed by atoms with Crippen molar-refractivity contribution in [2.45, 2.75) is 90.9 Å². The average Bonchev–Trinajstić information content (AvgIpc) is 2.48. The molecule has 0 aromatic carbocycles. The zero-order chi connectivity index (χ0) is 18.3. The topological polar surface area (TPSA) is 89.5 Å². The molecule has 0 unspecified atom stereocenters. The Bertz CT molecular complexity index is 227. The molecule has 5 nitrogen and oxygen atoms in total. The van der Waals surface area contributed by atoms with E-state index in [4.69, 9.17) is 0 Å². The van der Waals surface area contributed by atoms with Crippen molar-refractivity contribution in [3.05, 3.63) is 0 Å². The van der Waals surface area contributed by atoms with Crippen LogP contribution in [0.15, 0.2) is 0 Å². The van der Waals surface area contributed by atoms with E-state index in [1.54, 1.807) is 0 Å². The Morgan fingerprint density at radius 3 is 1.26 bits per heavy atom. The number of unbranched alkanes of at least 4 members (excludes halogenated alkanes) is 8. The third-order valence-corrected chi connectivity index (χ3v) is 2.97. The third-order valence-electron chi connectivity index (χ3n) is 2.97. The standard InChI is InChI=1S/2C8H16O2.2Al.O.2H/c2*1-2-3-4-5-6-7-8(9)10;;;;;/h2*2-7H2,1H3,(H,9,10);;;;;/q;;;+2;;;/p-2. The normalized spacial score (nSPS) is 9.22. The minimum atomic E-state index is -0.920. The van der Waals surface area contributed by atoms with Gasteiger partial charge in [0.15, 0.2) is 0 Å². The van der Waals surface area contributed by atoms with Crippen LogP contribution in [-0.2, 0) is 12.4 Å². The zero-order valence-corrected chi connectivity index (χ0v) is 18.3. The quantitative estimate of drug-likeness (QED) is 0.381. The molecule has 7 heteroatoms. The molecule has 0 radical (unpaired) electrons. The Morgan fingerprint density at radius 2 is 1.04 bits per heavy atom. The van der Waals surface area contributed by atoms with Gasteiger partial charge in [0.1, 0.15) is 0 Å². The van der Waals surface area contributed by atoms with Crippen molar-refractivity contribution in [2.75, 3.05) is 0 Å². The Morgan fingerprint density at radius 1 is 0.783 bits per heavy atom.